The van der Waals surface area contributed by atoms with E-state index >= 15 is 0 Å². The van der Waals surface area contributed by atoms with E-state index in [1.165, 1.54) is 10.7 Å². The summed E-state index contributed by atoms with van der Waals surface area (Å²) < 4.78 is 33.4. The molecule has 2 aliphatic rings. The lowest BCUT2D eigenvalue weighted by molar-refractivity contribution is -0.127. The third-order valence-electron chi connectivity index (χ3n) is 6.37. The van der Waals surface area contributed by atoms with Gasteiger partial charge in [0.1, 0.15) is 4.21 Å². The fraction of sp³-hybridized carbons (Fsp3) is 0.375. The largest absolute Gasteiger partial charge is 0.339 e. The Labute approximate surface area is 202 Å². The van der Waals surface area contributed by atoms with Crippen molar-refractivity contribution in [2.45, 2.75) is 36.3 Å². The summed E-state index contributed by atoms with van der Waals surface area (Å²) >= 11 is 1.15. The molecule has 5 rings (SSSR count). The summed E-state index contributed by atoms with van der Waals surface area (Å²) in [7, 11) is -3.65. The zero-order valence-corrected chi connectivity index (χ0v) is 20.5. The molecule has 0 N–H and O–H groups in total. The van der Waals surface area contributed by atoms with Crippen molar-refractivity contribution in [3.63, 3.8) is 0 Å². The van der Waals surface area contributed by atoms with Crippen molar-refractivity contribution in [3.05, 3.63) is 58.8 Å². The second-order valence-corrected chi connectivity index (χ2v) is 11.8. The smallest absolute Gasteiger partial charge is 0.252 e. The van der Waals surface area contributed by atoms with Crippen LogP contribution in [-0.4, -0.2) is 59.8 Å². The van der Waals surface area contributed by atoms with Crippen LogP contribution >= 0.6 is 11.3 Å². The summed E-state index contributed by atoms with van der Waals surface area (Å²) in [6, 6.07) is 9.52. The molecular formula is C24H26N4O4S2. The van der Waals surface area contributed by atoms with Gasteiger partial charge in [0.05, 0.1) is 0 Å². The van der Waals surface area contributed by atoms with E-state index in [9.17, 15) is 13.2 Å². The van der Waals surface area contributed by atoms with E-state index in [1.807, 2.05) is 31.2 Å². The number of benzene rings is 1. The van der Waals surface area contributed by atoms with E-state index in [0.717, 1.165) is 35.3 Å². The van der Waals surface area contributed by atoms with Gasteiger partial charge in [-0.25, -0.2) is 8.42 Å². The highest BCUT2D eigenvalue weighted by atomic mass is 32.2. The molecule has 1 aliphatic heterocycles. The monoisotopic (exact) mass is 498 g/mol. The average molecular weight is 499 g/mol. The second kappa shape index (κ2) is 9.44. The van der Waals surface area contributed by atoms with Gasteiger partial charge in [-0.05, 0) is 37.5 Å². The van der Waals surface area contributed by atoms with E-state index < -0.39 is 10.0 Å². The van der Waals surface area contributed by atoms with Crippen LogP contribution in [0, 0.1) is 6.92 Å². The average Bonchev–Trinajstić information content (AvgIpc) is 3.48. The molecule has 0 bridgehead atoms. The van der Waals surface area contributed by atoms with Gasteiger partial charge in [-0.2, -0.15) is 9.29 Å². The molecule has 1 amide bonds. The zero-order chi connectivity index (χ0) is 23.7. The van der Waals surface area contributed by atoms with Gasteiger partial charge < -0.3 is 9.42 Å². The first-order chi connectivity index (χ1) is 16.4. The van der Waals surface area contributed by atoms with Gasteiger partial charge in [0.2, 0.25) is 17.6 Å². The number of rotatable bonds is 6. The number of amides is 1. The lowest BCUT2D eigenvalue weighted by atomic mass is 9.85. The number of nitrogens with zero attached hydrogens (tertiary/aromatic N) is 4. The van der Waals surface area contributed by atoms with Crippen LogP contribution in [0.4, 0.5) is 0 Å². The molecule has 178 valence electrons. The van der Waals surface area contributed by atoms with Crippen LogP contribution in [0.15, 0.2) is 50.5 Å². The first-order valence-corrected chi connectivity index (χ1v) is 13.7. The molecule has 1 saturated carbocycles. The van der Waals surface area contributed by atoms with Crippen LogP contribution < -0.4 is 0 Å². The van der Waals surface area contributed by atoms with Crippen LogP contribution in [0.2, 0.25) is 0 Å². The number of thiophene rings is 1. The summed E-state index contributed by atoms with van der Waals surface area (Å²) in [6.07, 6.45) is 6.61. The Morgan fingerprint density at radius 1 is 1.15 bits per heavy atom. The van der Waals surface area contributed by atoms with Gasteiger partial charge in [0, 0.05) is 49.1 Å². The van der Waals surface area contributed by atoms with Crippen LogP contribution in [-0.2, 0) is 14.8 Å². The molecule has 1 aromatic carbocycles. The Morgan fingerprint density at radius 3 is 2.56 bits per heavy atom. The number of hydrogen-bond acceptors (Lipinski definition) is 7. The molecule has 0 atom stereocenters. The predicted molar refractivity (Wildman–Crippen MR) is 130 cm³/mol. The highest BCUT2D eigenvalue weighted by Gasteiger charge is 2.31. The van der Waals surface area contributed by atoms with E-state index in [0.29, 0.717) is 36.3 Å². The summed E-state index contributed by atoms with van der Waals surface area (Å²) in [6.45, 7) is 3.23. The Balaban J connectivity index is 1.20. The molecule has 2 aromatic heterocycles. The van der Waals surface area contributed by atoms with Gasteiger partial charge in [0.25, 0.3) is 10.0 Å². The lowest BCUT2D eigenvalue weighted by Crippen LogP contribution is -2.50. The summed E-state index contributed by atoms with van der Waals surface area (Å²) in [5.74, 6) is 1.27. The van der Waals surface area contributed by atoms with Crippen LogP contribution in [0.1, 0.15) is 42.2 Å². The number of aromatic nitrogens is 2. The molecular weight excluding hydrogens is 472 g/mol. The van der Waals surface area contributed by atoms with E-state index in [2.05, 4.69) is 10.1 Å². The van der Waals surface area contributed by atoms with E-state index in [-0.39, 0.29) is 23.2 Å². The predicted octanol–water partition coefficient (Wildman–Crippen LogP) is 3.92. The quantitative estimate of drug-likeness (QED) is 0.478. The van der Waals surface area contributed by atoms with Gasteiger partial charge in [-0.1, -0.05) is 41.4 Å². The lowest BCUT2D eigenvalue weighted by Gasteiger charge is -2.33. The molecule has 3 aromatic rings. The highest BCUT2D eigenvalue weighted by molar-refractivity contribution is 7.91. The SMILES string of the molecule is Cc1ccc(/C=C/C(=O)N2CCN(S(=O)(=O)c3cc(-c4noc(C5CCC5)n4)cs3)CC2)cc1. The number of sulfonamides is 1. The third kappa shape index (κ3) is 4.70. The van der Waals surface area contributed by atoms with Crippen molar-refractivity contribution in [1.29, 1.82) is 0 Å². The van der Waals surface area contributed by atoms with Crippen molar-refractivity contribution in [1.82, 2.24) is 19.3 Å². The second-order valence-electron chi connectivity index (χ2n) is 8.71. The van der Waals surface area contributed by atoms with Gasteiger partial charge in [-0.15, -0.1) is 11.3 Å². The molecule has 10 heteroatoms. The van der Waals surface area contributed by atoms with E-state index in [1.54, 1.807) is 28.5 Å². The topological polar surface area (TPSA) is 96.6 Å². The first-order valence-electron chi connectivity index (χ1n) is 11.4. The van der Waals surface area contributed by atoms with E-state index in [4.69, 9.17) is 4.52 Å². The maximum absolute atomic E-state index is 13.2. The molecule has 3 heterocycles. The summed E-state index contributed by atoms with van der Waals surface area (Å²) in [4.78, 5) is 18.7. The number of aryl methyl sites for hydroxylation is 1. The van der Waals surface area contributed by atoms with Gasteiger partial charge in [0.15, 0.2) is 0 Å². The molecule has 2 fully saturated rings. The van der Waals surface area contributed by atoms with Gasteiger partial charge >= 0.3 is 0 Å². The summed E-state index contributed by atoms with van der Waals surface area (Å²) in [5, 5.41) is 5.78. The zero-order valence-electron chi connectivity index (χ0n) is 18.9. The molecule has 0 spiro atoms. The van der Waals surface area contributed by atoms with Crippen LogP contribution in [0.5, 0.6) is 0 Å². The Hall–Kier alpha value is -2.82. The number of piperazine rings is 1. The Bertz CT molecular complexity index is 1300. The molecule has 34 heavy (non-hydrogen) atoms. The van der Waals surface area contributed by atoms with Crippen molar-refractivity contribution < 1.29 is 17.7 Å². The Morgan fingerprint density at radius 2 is 1.88 bits per heavy atom. The fourth-order valence-corrected chi connectivity index (χ4v) is 6.70. The standard InChI is InChI=1S/C24H26N4O4S2/c1-17-5-7-18(8-6-17)9-10-21(29)27-11-13-28(14-12-27)34(30,31)22-15-20(16-33-22)23-25-24(32-26-23)19-3-2-4-19/h5-10,15-16,19H,2-4,11-14H2,1H3/b10-9+. The van der Waals surface area contributed by atoms with Crippen LogP contribution in [0.3, 0.4) is 0 Å². The molecule has 8 nitrogen and oxygen atoms in total. The number of hydrogen-bond donors (Lipinski definition) is 0. The first kappa shape index (κ1) is 22.9. The minimum absolute atomic E-state index is 0.115. The maximum atomic E-state index is 13.2. The van der Waals surface area contributed by atoms with Crippen molar-refractivity contribution in [3.8, 4) is 11.4 Å². The Kier molecular flexibility index (Phi) is 6.37. The fourth-order valence-electron chi connectivity index (χ4n) is 3.97. The highest BCUT2D eigenvalue weighted by Crippen LogP contribution is 2.37. The van der Waals surface area contributed by atoms with Crippen LogP contribution in [0.25, 0.3) is 17.5 Å². The third-order valence-corrected chi connectivity index (χ3v) is 9.68. The maximum Gasteiger partial charge on any atom is 0.252 e. The molecule has 1 saturated heterocycles. The molecule has 0 unspecified atom stereocenters. The minimum Gasteiger partial charge on any atom is -0.339 e. The van der Waals surface area contributed by atoms with Crippen molar-refractivity contribution in [2.75, 3.05) is 26.2 Å². The minimum atomic E-state index is -3.65. The number of carbonyl (C=O) groups is 1. The normalized spacial score (nSPS) is 17.9. The summed E-state index contributed by atoms with van der Waals surface area (Å²) in [5.41, 5.74) is 2.76. The molecule has 0 radical (unpaired) electrons. The van der Waals surface area contributed by atoms with Gasteiger partial charge in [-0.3, -0.25) is 4.79 Å². The van der Waals surface area contributed by atoms with Crippen molar-refractivity contribution in [2.24, 2.45) is 0 Å². The molecule has 1 aliphatic carbocycles. The van der Waals surface area contributed by atoms with Crippen molar-refractivity contribution >= 4 is 33.3 Å². The number of carbonyl (C=O) groups excluding carboxylic acids is 1.